The molecule has 15 heteroatoms. The van der Waals surface area contributed by atoms with Gasteiger partial charge < -0.3 is 47.7 Å². The number of ether oxygens (including phenoxy) is 9. The highest BCUT2D eigenvalue weighted by Crippen LogP contribution is 2.35. The standard InChI is InChI=1S/C34H56O15/c1-11-13-15-41-33-27(24(37)26(48-32(40)19(7)8)22(45-33)16-42-30(38)17(3)4)49-34-29(46-23(36)14-12-2)28(44-21(10)35)25(20(9)43-34)47-31(39)18(5)6/h17-20,22,24-29,33-34,37H,11-16H2,1-10H3/t20-,22+,24-,25-,26+,27+,28+,29+,33+,34+/m0/s1. The number of esters is 5. The van der Waals surface area contributed by atoms with Crippen molar-refractivity contribution < 1.29 is 71.7 Å². The van der Waals surface area contributed by atoms with Gasteiger partial charge in [0.2, 0.25) is 0 Å². The van der Waals surface area contributed by atoms with Gasteiger partial charge in [-0.2, -0.15) is 0 Å². The van der Waals surface area contributed by atoms with Crippen LogP contribution < -0.4 is 0 Å². The van der Waals surface area contributed by atoms with Crippen LogP contribution in [0.15, 0.2) is 0 Å². The van der Waals surface area contributed by atoms with Crippen molar-refractivity contribution in [2.75, 3.05) is 13.2 Å². The predicted molar refractivity (Wildman–Crippen MR) is 170 cm³/mol. The quantitative estimate of drug-likeness (QED) is 0.132. The van der Waals surface area contributed by atoms with Crippen LogP contribution in [0, 0.1) is 17.8 Å². The smallest absolute Gasteiger partial charge is 0.308 e. The zero-order valence-electron chi connectivity index (χ0n) is 30.4. The van der Waals surface area contributed by atoms with Crippen molar-refractivity contribution in [3.8, 4) is 0 Å². The fourth-order valence-electron chi connectivity index (χ4n) is 4.93. The summed E-state index contributed by atoms with van der Waals surface area (Å²) in [6, 6.07) is 0. The number of aliphatic hydroxyl groups excluding tert-OH is 1. The van der Waals surface area contributed by atoms with E-state index in [1.54, 1.807) is 55.4 Å². The maximum absolute atomic E-state index is 12.9. The molecular formula is C34H56O15. The van der Waals surface area contributed by atoms with E-state index in [-0.39, 0.29) is 19.6 Å². The van der Waals surface area contributed by atoms with Gasteiger partial charge in [0, 0.05) is 20.0 Å². The molecule has 0 saturated carbocycles. The Morgan fingerprint density at radius 1 is 0.694 bits per heavy atom. The van der Waals surface area contributed by atoms with Crippen LogP contribution in [-0.2, 0) is 66.6 Å². The summed E-state index contributed by atoms with van der Waals surface area (Å²) in [5, 5.41) is 11.8. The molecule has 0 aromatic heterocycles. The average Bonchev–Trinajstić information content (AvgIpc) is 3.02. The van der Waals surface area contributed by atoms with E-state index in [2.05, 4.69) is 0 Å². The lowest BCUT2D eigenvalue weighted by molar-refractivity contribution is -0.366. The molecule has 2 rings (SSSR count). The number of hydrogen-bond donors (Lipinski definition) is 1. The topological polar surface area (TPSA) is 189 Å². The molecule has 1 N–H and O–H groups in total. The van der Waals surface area contributed by atoms with E-state index in [4.69, 9.17) is 42.6 Å². The molecule has 0 bridgehead atoms. The van der Waals surface area contributed by atoms with Gasteiger partial charge in [-0.25, -0.2) is 0 Å². The largest absolute Gasteiger partial charge is 0.463 e. The second kappa shape index (κ2) is 20.1. The summed E-state index contributed by atoms with van der Waals surface area (Å²) in [5.74, 6) is -4.77. The van der Waals surface area contributed by atoms with Gasteiger partial charge in [0.15, 0.2) is 37.0 Å². The number of rotatable bonds is 17. The summed E-state index contributed by atoms with van der Waals surface area (Å²) in [6.07, 6.45) is -11.6. The van der Waals surface area contributed by atoms with E-state index in [1.165, 1.54) is 0 Å². The fourth-order valence-corrected chi connectivity index (χ4v) is 4.93. The molecule has 49 heavy (non-hydrogen) atoms. The second-order valence-corrected chi connectivity index (χ2v) is 13.2. The summed E-state index contributed by atoms with van der Waals surface area (Å²) >= 11 is 0. The normalized spacial score (nSPS) is 30.2. The van der Waals surface area contributed by atoms with Gasteiger partial charge in [-0.3, -0.25) is 24.0 Å². The van der Waals surface area contributed by atoms with Crippen molar-refractivity contribution in [3.05, 3.63) is 0 Å². The second-order valence-electron chi connectivity index (χ2n) is 13.2. The molecule has 0 spiro atoms. The lowest BCUT2D eigenvalue weighted by Crippen LogP contribution is -2.66. The van der Waals surface area contributed by atoms with Gasteiger partial charge in [-0.1, -0.05) is 61.8 Å². The van der Waals surface area contributed by atoms with Crippen molar-refractivity contribution in [3.63, 3.8) is 0 Å². The molecule has 0 aromatic rings. The van der Waals surface area contributed by atoms with Crippen LogP contribution in [0.2, 0.25) is 0 Å². The van der Waals surface area contributed by atoms with E-state index in [1.807, 2.05) is 6.92 Å². The Kier molecular flexibility index (Phi) is 17.4. The van der Waals surface area contributed by atoms with Gasteiger partial charge in [-0.05, 0) is 19.8 Å². The Morgan fingerprint density at radius 3 is 1.82 bits per heavy atom. The van der Waals surface area contributed by atoms with E-state index in [0.29, 0.717) is 12.8 Å². The maximum Gasteiger partial charge on any atom is 0.308 e. The summed E-state index contributed by atoms with van der Waals surface area (Å²) in [6.45, 7) is 16.0. The van der Waals surface area contributed by atoms with Crippen LogP contribution >= 0.6 is 0 Å². The molecule has 0 aromatic carbocycles. The third-order valence-electron chi connectivity index (χ3n) is 7.75. The van der Waals surface area contributed by atoms with Gasteiger partial charge in [-0.15, -0.1) is 0 Å². The van der Waals surface area contributed by atoms with Crippen LogP contribution in [0.1, 0.15) is 94.9 Å². The monoisotopic (exact) mass is 704 g/mol. The van der Waals surface area contributed by atoms with Crippen molar-refractivity contribution >= 4 is 29.8 Å². The van der Waals surface area contributed by atoms with Crippen molar-refractivity contribution in [2.45, 2.75) is 156 Å². The highest BCUT2D eigenvalue weighted by atomic mass is 16.8. The summed E-state index contributed by atoms with van der Waals surface area (Å²) < 4.78 is 52.7. The van der Waals surface area contributed by atoms with Crippen LogP contribution in [0.3, 0.4) is 0 Å². The summed E-state index contributed by atoms with van der Waals surface area (Å²) in [4.78, 5) is 63.0. The van der Waals surface area contributed by atoms with Gasteiger partial charge >= 0.3 is 29.8 Å². The first-order valence-corrected chi connectivity index (χ1v) is 17.2. The molecule has 2 aliphatic rings. The van der Waals surface area contributed by atoms with E-state index >= 15 is 0 Å². The van der Waals surface area contributed by atoms with Gasteiger partial charge in [0.25, 0.3) is 0 Å². The first-order valence-electron chi connectivity index (χ1n) is 17.2. The van der Waals surface area contributed by atoms with E-state index in [9.17, 15) is 29.1 Å². The third kappa shape index (κ3) is 12.5. The van der Waals surface area contributed by atoms with Crippen LogP contribution in [-0.4, -0.2) is 110 Å². The van der Waals surface area contributed by atoms with Crippen LogP contribution in [0.5, 0.6) is 0 Å². The molecule has 15 nitrogen and oxygen atoms in total. The Morgan fingerprint density at radius 2 is 1.29 bits per heavy atom. The predicted octanol–water partition coefficient (Wildman–Crippen LogP) is 3.00. The fraction of sp³-hybridized carbons (Fsp3) is 0.853. The molecule has 2 heterocycles. The molecule has 0 radical (unpaired) electrons. The number of carbonyl (C=O) groups is 5. The Hall–Kier alpha value is -2.85. The highest BCUT2D eigenvalue weighted by molar-refractivity contribution is 5.73. The summed E-state index contributed by atoms with van der Waals surface area (Å²) in [5.41, 5.74) is 0. The lowest BCUT2D eigenvalue weighted by Gasteiger charge is -2.48. The molecule has 0 aliphatic carbocycles. The molecule has 2 aliphatic heterocycles. The zero-order valence-corrected chi connectivity index (χ0v) is 30.4. The number of aliphatic hydroxyl groups is 1. The SMILES string of the molecule is CCCCO[C@@H]1O[C@H](COC(=O)C(C)C)[C@@H](OC(=O)C(C)C)[C@H](O)[C@H]1O[C@H]1O[C@@H](C)[C@H](OC(=O)C(C)C)[C@@H](OC(C)=O)[C@H]1OC(=O)CCC. The average molecular weight is 705 g/mol. The minimum absolute atomic E-state index is 0.00391. The molecule has 282 valence electrons. The first-order chi connectivity index (χ1) is 23.0. The van der Waals surface area contributed by atoms with Crippen molar-refractivity contribution in [2.24, 2.45) is 17.8 Å². The van der Waals surface area contributed by atoms with E-state index < -0.39 is 109 Å². The summed E-state index contributed by atoms with van der Waals surface area (Å²) in [7, 11) is 0. The Labute approximate surface area is 288 Å². The zero-order chi connectivity index (χ0) is 37.0. The van der Waals surface area contributed by atoms with Crippen molar-refractivity contribution in [1.29, 1.82) is 0 Å². The Bertz CT molecular complexity index is 1090. The van der Waals surface area contributed by atoms with Crippen LogP contribution in [0.4, 0.5) is 0 Å². The first kappa shape index (κ1) is 42.3. The van der Waals surface area contributed by atoms with Gasteiger partial charge in [0.05, 0.1) is 23.9 Å². The molecular weight excluding hydrogens is 648 g/mol. The number of carbonyl (C=O) groups excluding carboxylic acids is 5. The van der Waals surface area contributed by atoms with Crippen molar-refractivity contribution in [1.82, 2.24) is 0 Å². The molecule has 10 atom stereocenters. The van der Waals surface area contributed by atoms with Gasteiger partial charge in [0.1, 0.15) is 24.9 Å². The maximum atomic E-state index is 12.9. The Balaban J connectivity index is 2.57. The minimum Gasteiger partial charge on any atom is -0.463 e. The number of hydrogen-bond acceptors (Lipinski definition) is 15. The van der Waals surface area contributed by atoms with E-state index in [0.717, 1.165) is 13.3 Å². The molecule has 2 saturated heterocycles. The molecule has 0 unspecified atom stereocenters. The number of unbranched alkanes of at least 4 members (excludes halogenated alkanes) is 1. The third-order valence-corrected chi connectivity index (χ3v) is 7.75. The minimum atomic E-state index is -1.64. The molecule has 2 fully saturated rings. The lowest BCUT2D eigenvalue weighted by atomic mass is 9.96. The highest BCUT2D eigenvalue weighted by Gasteiger charge is 2.56. The molecule has 0 amide bonds. The van der Waals surface area contributed by atoms with Crippen LogP contribution in [0.25, 0.3) is 0 Å².